The van der Waals surface area contributed by atoms with Crippen molar-refractivity contribution in [1.82, 2.24) is 4.90 Å². The molecule has 0 bridgehead atoms. The summed E-state index contributed by atoms with van der Waals surface area (Å²) >= 11 is 0. The van der Waals surface area contributed by atoms with Crippen molar-refractivity contribution in [1.29, 1.82) is 0 Å². The van der Waals surface area contributed by atoms with Crippen LogP contribution in [0.2, 0.25) is 0 Å². The molecule has 0 spiro atoms. The maximum atomic E-state index is 13.7. The van der Waals surface area contributed by atoms with Crippen LogP contribution in [0.4, 0.5) is 10.1 Å². The third kappa shape index (κ3) is 4.10. The molecule has 1 aliphatic rings. The number of anilines is 1. The van der Waals surface area contributed by atoms with Gasteiger partial charge in [-0.3, -0.25) is 0 Å². The van der Waals surface area contributed by atoms with Gasteiger partial charge in [0.05, 0.1) is 7.11 Å². The van der Waals surface area contributed by atoms with E-state index in [0.717, 1.165) is 25.1 Å². The first kappa shape index (κ1) is 15.1. The minimum Gasteiger partial charge on any atom is -0.494 e. The molecule has 20 heavy (non-hydrogen) atoms. The normalized spacial score (nSPS) is 20.4. The first-order valence-electron chi connectivity index (χ1n) is 7.55. The topological polar surface area (TPSA) is 24.5 Å². The van der Waals surface area contributed by atoms with Gasteiger partial charge < -0.3 is 15.0 Å². The van der Waals surface area contributed by atoms with Crippen molar-refractivity contribution in [2.24, 2.45) is 0 Å². The van der Waals surface area contributed by atoms with Gasteiger partial charge in [-0.25, -0.2) is 4.39 Å². The van der Waals surface area contributed by atoms with Crippen molar-refractivity contribution in [3.63, 3.8) is 0 Å². The van der Waals surface area contributed by atoms with E-state index in [-0.39, 0.29) is 5.82 Å². The number of nitrogens with zero attached hydrogens (tertiary/aromatic N) is 1. The number of likely N-dealkylation sites (tertiary alicyclic amines) is 1. The number of nitrogens with one attached hydrogen (secondary N) is 1. The average molecular weight is 280 g/mol. The lowest BCUT2D eigenvalue weighted by molar-refractivity contribution is 0.285. The Kier molecular flexibility index (Phi) is 5.65. The maximum absolute atomic E-state index is 13.7. The second-order valence-corrected chi connectivity index (χ2v) is 5.46. The maximum Gasteiger partial charge on any atom is 0.167 e. The number of methoxy groups -OCH3 is 1. The van der Waals surface area contributed by atoms with E-state index in [0.29, 0.717) is 11.8 Å². The fourth-order valence-electron chi connectivity index (χ4n) is 2.83. The summed E-state index contributed by atoms with van der Waals surface area (Å²) in [6.45, 7) is 5.72. The van der Waals surface area contributed by atoms with Gasteiger partial charge in [-0.1, -0.05) is 6.92 Å². The third-order valence-electron chi connectivity index (χ3n) is 3.88. The van der Waals surface area contributed by atoms with E-state index in [1.165, 1.54) is 39.1 Å². The van der Waals surface area contributed by atoms with Gasteiger partial charge in [-0.05, 0) is 50.9 Å². The molecule has 0 radical (unpaired) electrons. The third-order valence-corrected chi connectivity index (χ3v) is 3.88. The molecule has 1 aliphatic heterocycles. The van der Waals surface area contributed by atoms with Crippen LogP contribution in [0.1, 0.15) is 32.6 Å². The second-order valence-electron chi connectivity index (χ2n) is 5.46. The smallest absolute Gasteiger partial charge is 0.167 e. The summed E-state index contributed by atoms with van der Waals surface area (Å²) in [6.07, 6.45) is 4.68. The number of hydrogen-bond acceptors (Lipinski definition) is 3. The largest absolute Gasteiger partial charge is 0.494 e. The summed E-state index contributed by atoms with van der Waals surface area (Å²) in [5, 5.41) is 3.45. The molecule has 1 N–H and O–H groups in total. The van der Waals surface area contributed by atoms with Crippen molar-refractivity contribution < 1.29 is 9.13 Å². The summed E-state index contributed by atoms with van der Waals surface area (Å²) in [5.41, 5.74) is 0.845. The quantitative estimate of drug-likeness (QED) is 0.893. The number of benzene rings is 1. The fourth-order valence-corrected chi connectivity index (χ4v) is 2.83. The van der Waals surface area contributed by atoms with Crippen molar-refractivity contribution in [3.8, 4) is 5.75 Å². The van der Waals surface area contributed by atoms with Gasteiger partial charge in [0, 0.05) is 24.3 Å². The SMILES string of the molecule is CCCN1CCCC(Nc2ccc(OC)c(F)c2)CC1. The van der Waals surface area contributed by atoms with Crippen molar-refractivity contribution in [3.05, 3.63) is 24.0 Å². The number of ether oxygens (including phenoxy) is 1. The van der Waals surface area contributed by atoms with Crippen LogP contribution < -0.4 is 10.1 Å². The Bertz CT molecular complexity index is 425. The minimum absolute atomic E-state index is 0.297. The standard InChI is InChI=1S/C16H25FN2O/c1-3-9-19-10-4-5-13(8-11-19)18-14-6-7-16(20-2)15(17)12-14/h6-7,12-13,18H,3-5,8-11H2,1-2H3. The lowest BCUT2D eigenvalue weighted by atomic mass is 10.1. The number of rotatable bonds is 5. The summed E-state index contributed by atoms with van der Waals surface area (Å²) in [7, 11) is 1.49. The molecular weight excluding hydrogens is 255 g/mol. The van der Waals surface area contributed by atoms with Gasteiger partial charge in [-0.2, -0.15) is 0 Å². The zero-order chi connectivity index (χ0) is 14.4. The highest BCUT2D eigenvalue weighted by Crippen LogP contribution is 2.23. The highest BCUT2D eigenvalue weighted by molar-refractivity contribution is 5.48. The van der Waals surface area contributed by atoms with Crippen LogP contribution >= 0.6 is 0 Å². The predicted octanol–water partition coefficient (Wildman–Crippen LogP) is 3.51. The molecule has 2 rings (SSSR count). The van der Waals surface area contributed by atoms with E-state index in [4.69, 9.17) is 4.74 Å². The molecule has 1 unspecified atom stereocenters. The van der Waals surface area contributed by atoms with Gasteiger partial charge in [0.1, 0.15) is 0 Å². The fraction of sp³-hybridized carbons (Fsp3) is 0.625. The Morgan fingerprint density at radius 1 is 1.35 bits per heavy atom. The molecule has 0 amide bonds. The Morgan fingerprint density at radius 2 is 2.20 bits per heavy atom. The summed E-state index contributed by atoms with van der Waals surface area (Å²) in [5.74, 6) is -0.00994. The molecule has 0 aromatic heterocycles. The predicted molar refractivity (Wildman–Crippen MR) is 80.9 cm³/mol. The van der Waals surface area contributed by atoms with Gasteiger partial charge >= 0.3 is 0 Å². The molecular formula is C16H25FN2O. The average Bonchev–Trinajstić information content (AvgIpc) is 2.65. The first-order chi connectivity index (χ1) is 9.72. The lowest BCUT2D eigenvalue weighted by Crippen LogP contribution is -2.27. The van der Waals surface area contributed by atoms with E-state index >= 15 is 0 Å². The van der Waals surface area contributed by atoms with E-state index in [1.54, 1.807) is 6.07 Å². The molecule has 4 heteroatoms. The molecule has 1 aromatic rings. The number of halogens is 1. The highest BCUT2D eigenvalue weighted by atomic mass is 19.1. The molecule has 112 valence electrons. The first-order valence-corrected chi connectivity index (χ1v) is 7.55. The Balaban J connectivity index is 1.91. The van der Waals surface area contributed by atoms with Gasteiger partial charge in [0.2, 0.25) is 0 Å². The second kappa shape index (κ2) is 7.48. The number of hydrogen-bond donors (Lipinski definition) is 1. The molecule has 0 saturated carbocycles. The van der Waals surface area contributed by atoms with Crippen LogP contribution in [-0.4, -0.2) is 37.7 Å². The molecule has 0 aliphatic carbocycles. The van der Waals surface area contributed by atoms with Gasteiger partial charge in [0.25, 0.3) is 0 Å². The van der Waals surface area contributed by atoms with E-state index in [9.17, 15) is 4.39 Å². The zero-order valence-corrected chi connectivity index (χ0v) is 12.5. The summed E-state index contributed by atoms with van der Waals surface area (Å²) in [6, 6.07) is 5.52. The van der Waals surface area contributed by atoms with Crippen LogP contribution in [0.3, 0.4) is 0 Å². The van der Waals surface area contributed by atoms with Crippen LogP contribution in [0.5, 0.6) is 5.75 Å². The Hall–Kier alpha value is -1.29. The monoisotopic (exact) mass is 280 g/mol. The molecule has 1 heterocycles. The van der Waals surface area contributed by atoms with Crippen LogP contribution in [0.25, 0.3) is 0 Å². The van der Waals surface area contributed by atoms with Crippen molar-refractivity contribution >= 4 is 5.69 Å². The molecule has 1 aromatic carbocycles. The van der Waals surface area contributed by atoms with Crippen molar-refractivity contribution in [2.45, 2.75) is 38.6 Å². The van der Waals surface area contributed by atoms with Crippen molar-refractivity contribution in [2.75, 3.05) is 32.1 Å². The van der Waals surface area contributed by atoms with Gasteiger partial charge in [0.15, 0.2) is 11.6 Å². The van der Waals surface area contributed by atoms with Crippen LogP contribution in [0.15, 0.2) is 18.2 Å². The van der Waals surface area contributed by atoms with E-state index < -0.39 is 0 Å². The molecule has 1 fully saturated rings. The minimum atomic E-state index is -0.307. The van der Waals surface area contributed by atoms with E-state index in [2.05, 4.69) is 17.1 Å². The Morgan fingerprint density at radius 3 is 2.90 bits per heavy atom. The summed E-state index contributed by atoms with van der Waals surface area (Å²) < 4.78 is 18.6. The Labute approximate surface area is 121 Å². The molecule has 1 atom stereocenters. The lowest BCUT2D eigenvalue weighted by Gasteiger charge is -2.20. The van der Waals surface area contributed by atoms with E-state index in [1.807, 2.05) is 6.07 Å². The molecule has 1 saturated heterocycles. The summed E-state index contributed by atoms with van der Waals surface area (Å²) in [4.78, 5) is 2.52. The van der Waals surface area contributed by atoms with Crippen LogP contribution in [-0.2, 0) is 0 Å². The van der Waals surface area contributed by atoms with Crippen LogP contribution in [0, 0.1) is 5.82 Å². The van der Waals surface area contributed by atoms with Gasteiger partial charge in [-0.15, -0.1) is 0 Å². The zero-order valence-electron chi connectivity index (χ0n) is 12.5. The molecule has 3 nitrogen and oxygen atoms in total. The highest BCUT2D eigenvalue weighted by Gasteiger charge is 2.16.